The highest BCUT2D eigenvalue weighted by atomic mass is 16.3. The van der Waals surface area contributed by atoms with Crippen molar-refractivity contribution >= 4 is 12.4 Å². The van der Waals surface area contributed by atoms with Crippen LogP contribution in [0.15, 0.2) is 0 Å². The van der Waals surface area contributed by atoms with Crippen LogP contribution in [0.3, 0.4) is 0 Å². The van der Waals surface area contributed by atoms with E-state index in [1.165, 1.54) is 12.8 Å². The predicted molar refractivity (Wildman–Crippen MR) is 99.5 cm³/mol. The lowest BCUT2D eigenvalue weighted by molar-refractivity contribution is -0.122. The Morgan fingerprint density at radius 2 is 1.78 bits per heavy atom. The van der Waals surface area contributed by atoms with Gasteiger partial charge in [0.1, 0.15) is 11.5 Å². The minimum Gasteiger partial charge on any atom is -0.483 e. The molecule has 0 spiro atoms. The highest BCUT2D eigenvalue weighted by Gasteiger charge is 2.45. The first-order valence-corrected chi connectivity index (χ1v) is 9.77. The van der Waals surface area contributed by atoms with E-state index >= 15 is 0 Å². The lowest BCUT2D eigenvalue weighted by Crippen LogP contribution is -2.48. The highest BCUT2D eigenvalue weighted by Crippen LogP contribution is 2.39. The Hall–Kier alpha value is -1.93. The van der Waals surface area contributed by atoms with E-state index in [2.05, 4.69) is 14.9 Å². The topological polar surface area (TPSA) is 110 Å². The van der Waals surface area contributed by atoms with E-state index in [1.54, 1.807) is 0 Å². The van der Waals surface area contributed by atoms with Crippen LogP contribution in [0.1, 0.15) is 47.7 Å². The van der Waals surface area contributed by atoms with Gasteiger partial charge in [-0.3, -0.25) is 14.5 Å². The van der Waals surface area contributed by atoms with E-state index in [1.807, 2.05) is 18.7 Å². The molecule has 0 radical (unpaired) electrons. The SMILES string of the molecule is Cc1nc(C(=O)N2C[C@H]3C[C@@H](N4CCCC4)[C@H](O)C[C@H]3C2)c(C)[nH]1.O=CO. The molecular weight excluding hydrogens is 348 g/mol. The summed E-state index contributed by atoms with van der Waals surface area (Å²) in [6, 6.07) is 0.290. The molecule has 150 valence electrons. The van der Waals surface area contributed by atoms with Crippen molar-refractivity contribution in [2.75, 3.05) is 26.2 Å². The molecule has 1 amide bonds. The summed E-state index contributed by atoms with van der Waals surface area (Å²) in [5.41, 5.74) is 1.41. The van der Waals surface area contributed by atoms with E-state index < -0.39 is 0 Å². The maximum atomic E-state index is 12.8. The number of carboxylic acid groups (broad SMARTS) is 1. The Morgan fingerprint density at radius 1 is 1.19 bits per heavy atom. The number of hydrogen-bond donors (Lipinski definition) is 3. The zero-order valence-electron chi connectivity index (χ0n) is 16.1. The quantitative estimate of drug-likeness (QED) is 0.663. The molecule has 8 heteroatoms. The number of likely N-dealkylation sites (tertiary alicyclic amines) is 2. The smallest absolute Gasteiger partial charge is 0.290 e. The van der Waals surface area contributed by atoms with Gasteiger partial charge in [0.05, 0.1) is 6.10 Å². The fourth-order valence-electron chi connectivity index (χ4n) is 5.01. The van der Waals surface area contributed by atoms with Gasteiger partial charge in [0.25, 0.3) is 12.4 Å². The Labute approximate surface area is 159 Å². The summed E-state index contributed by atoms with van der Waals surface area (Å²) in [5, 5.41) is 17.5. The van der Waals surface area contributed by atoms with Crippen LogP contribution in [0.4, 0.5) is 0 Å². The Bertz CT molecular complexity index is 671. The Balaban J connectivity index is 0.000000659. The number of aromatic amines is 1. The van der Waals surface area contributed by atoms with Crippen molar-refractivity contribution in [2.24, 2.45) is 11.8 Å². The number of amides is 1. The second-order valence-corrected chi connectivity index (χ2v) is 7.98. The zero-order valence-corrected chi connectivity index (χ0v) is 16.1. The second-order valence-electron chi connectivity index (χ2n) is 7.98. The summed E-state index contributed by atoms with van der Waals surface area (Å²) in [6.07, 6.45) is 4.11. The Kier molecular flexibility index (Phi) is 6.16. The van der Waals surface area contributed by atoms with E-state index in [4.69, 9.17) is 9.90 Å². The van der Waals surface area contributed by atoms with Gasteiger partial charge in [-0.25, -0.2) is 4.98 Å². The number of aliphatic hydroxyl groups excluding tert-OH is 1. The van der Waals surface area contributed by atoms with Crippen molar-refractivity contribution in [1.29, 1.82) is 0 Å². The van der Waals surface area contributed by atoms with Crippen LogP contribution in [0, 0.1) is 25.7 Å². The summed E-state index contributed by atoms with van der Waals surface area (Å²) in [4.78, 5) is 33.1. The van der Waals surface area contributed by atoms with Gasteiger partial charge in [0.2, 0.25) is 0 Å². The molecule has 3 fully saturated rings. The van der Waals surface area contributed by atoms with E-state index in [0.29, 0.717) is 17.5 Å². The van der Waals surface area contributed by atoms with Crippen LogP contribution in [0.5, 0.6) is 0 Å². The molecule has 8 nitrogen and oxygen atoms in total. The third-order valence-electron chi connectivity index (χ3n) is 6.21. The van der Waals surface area contributed by atoms with E-state index in [-0.39, 0.29) is 24.5 Å². The van der Waals surface area contributed by atoms with Gasteiger partial charge in [0.15, 0.2) is 0 Å². The van der Waals surface area contributed by atoms with Crippen molar-refractivity contribution < 1.29 is 19.8 Å². The van der Waals surface area contributed by atoms with Gasteiger partial charge < -0.3 is 20.1 Å². The van der Waals surface area contributed by atoms with Crippen molar-refractivity contribution in [3.8, 4) is 0 Å². The average molecular weight is 378 g/mol. The number of nitrogens with zero attached hydrogens (tertiary/aromatic N) is 3. The van der Waals surface area contributed by atoms with Gasteiger partial charge in [0, 0.05) is 24.8 Å². The number of rotatable bonds is 2. The standard InChI is InChI=1S/C18H28N4O2.CH2O2/c1-11-17(20-12(2)19-11)18(24)22-9-13-7-15(21-5-3-4-6-21)16(23)8-14(13)10-22;2-1-3/h13-16,23H,3-10H2,1-2H3,(H,19,20);1H,(H,2,3)/t13-,14+,15-,16-;/m1./s1. The van der Waals surface area contributed by atoms with Crippen LogP contribution in [0.25, 0.3) is 0 Å². The third-order valence-corrected chi connectivity index (χ3v) is 6.21. The second kappa shape index (κ2) is 8.39. The third kappa shape index (κ3) is 4.16. The maximum absolute atomic E-state index is 12.8. The molecule has 1 aliphatic carbocycles. The lowest BCUT2D eigenvalue weighted by Gasteiger charge is -2.40. The molecule has 1 aromatic heterocycles. The van der Waals surface area contributed by atoms with Crippen molar-refractivity contribution in [1.82, 2.24) is 19.8 Å². The molecule has 27 heavy (non-hydrogen) atoms. The fourth-order valence-corrected chi connectivity index (χ4v) is 5.01. The number of carbonyl (C=O) groups is 2. The summed E-state index contributed by atoms with van der Waals surface area (Å²) in [6.45, 7) is 7.35. The molecular formula is C19H30N4O4. The molecule has 3 aliphatic rings. The van der Waals surface area contributed by atoms with Crippen molar-refractivity contribution in [3.63, 3.8) is 0 Å². The minimum absolute atomic E-state index is 0.0402. The predicted octanol–water partition coefficient (Wildman–Crippen LogP) is 1.03. The summed E-state index contributed by atoms with van der Waals surface area (Å²) < 4.78 is 0. The summed E-state index contributed by atoms with van der Waals surface area (Å²) in [5.74, 6) is 1.78. The number of imidazole rings is 1. The minimum atomic E-state index is -0.250. The Morgan fingerprint density at radius 3 is 2.33 bits per heavy atom. The van der Waals surface area contributed by atoms with Crippen LogP contribution in [0.2, 0.25) is 0 Å². The molecule has 2 saturated heterocycles. The molecule has 1 saturated carbocycles. The first-order valence-electron chi connectivity index (χ1n) is 9.77. The van der Waals surface area contributed by atoms with Crippen LogP contribution in [-0.2, 0) is 4.79 Å². The first-order chi connectivity index (χ1) is 12.9. The fraction of sp³-hybridized carbons (Fsp3) is 0.737. The van der Waals surface area contributed by atoms with Crippen LogP contribution < -0.4 is 0 Å². The zero-order chi connectivity index (χ0) is 19.6. The summed E-state index contributed by atoms with van der Waals surface area (Å²) in [7, 11) is 0. The van der Waals surface area contributed by atoms with Gasteiger partial charge in [-0.2, -0.15) is 0 Å². The number of hydrogen-bond acceptors (Lipinski definition) is 5. The largest absolute Gasteiger partial charge is 0.483 e. The van der Waals surface area contributed by atoms with Crippen LogP contribution >= 0.6 is 0 Å². The average Bonchev–Trinajstić information content (AvgIpc) is 3.33. The van der Waals surface area contributed by atoms with E-state index in [0.717, 1.165) is 50.5 Å². The number of aromatic nitrogens is 2. The van der Waals surface area contributed by atoms with Gasteiger partial charge in [-0.15, -0.1) is 0 Å². The highest BCUT2D eigenvalue weighted by molar-refractivity contribution is 5.93. The number of nitrogens with one attached hydrogen (secondary N) is 1. The molecule has 1 aromatic rings. The first kappa shape index (κ1) is 19.8. The molecule has 4 atom stereocenters. The molecule has 0 bridgehead atoms. The van der Waals surface area contributed by atoms with Gasteiger partial charge in [-0.05, 0) is 64.5 Å². The number of aliphatic hydroxyl groups is 1. The number of aryl methyl sites for hydroxylation is 2. The molecule has 3 N–H and O–H groups in total. The number of fused-ring (bicyclic) bond motifs is 1. The van der Waals surface area contributed by atoms with E-state index in [9.17, 15) is 9.90 Å². The maximum Gasteiger partial charge on any atom is 0.290 e. The van der Waals surface area contributed by atoms with Crippen LogP contribution in [-0.4, -0.2) is 80.7 Å². The molecule has 0 aromatic carbocycles. The molecule has 0 unspecified atom stereocenters. The van der Waals surface area contributed by atoms with Crippen molar-refractivity contribution in [3.05, 3.63) is 17.2 Å². The molecule has 4 rings (SSSR count). The monoisotopic (exact) mass is 378 g/mol. The lowest BCUT2D eigenvalue weighted by atomic mass is 9.77. The molecule has 2 aliphatic heterocycles. The number of H-pyrrole nitrogens is 1. The van der Waals surface area contributed by atoms with Gasteiger partial charge in [-0.1, -0.05) is 0 Å². The normalized spacial score (nSPS) is 30.6. The van der Waals surface area contributed by atoms with Gasteiger partial charge >= 0.3 is 0 Å². The van der Waals surface area contributed by atoms with Crippen molar-refractivity contribution in [2.45, 2.75) is 51.7 Å². The molecule has 3 heterocycles. The number of carbonyl (C=O) groups excluding carboxylic acids is 1. The summed E-state index contributed by atoms with van der Waals surface area (Å²) >= 11 is 0.